The number of carbonyl (C=O) groups is 1. The van der Waals surface area contributed by atoms with Crippen LogP contribution in [-0.2, 0) is 9.53 Å². The van der Waals surface area contributed by atoms with Gasteiger partial charge in [0.05, 0.1) is 0 Å². The van der Waals surface area contributed by atoms with Crippen molar-refractivity contribution in [3.05, 3.63) is 81.9 Å². The molecule has 1 N–H and O–H groups in total. The molecule has 0 amide bonds. The summed E-state index contributed by atoms with van der Waals surface area (Å²) in [5.74, 6) is -1.02. The summed E-state index contributed by atoms with van der Waals surface area (Å²) in [4.78, 5) is 23.7. The number of ether oxygens (including phenoxy) is 1. The minimum atomic E-state index is -2.14. The zero-order valence-electron chi connectivity index (χ0n) is 14.7. The molecule has 0 heterocycles. The SMILES string of the molecule is CCCC[C@](CO)(C(=O)OC(c1ccccc1)c1ccccc1)[N+](=O)[O-]. The van der Waals surface area contributed by atoms with Gasteiger partial charge in [-0.2, -0.15) is 0 Å². The van der Waals surface area contributed by atoms with E-state index in [9.17, 15) is 20.0 Å². The molecule has 6 nitrogen and oxygen atoms in total. The number of nitro groups is 1. The predicted octanol–water partition coefficient (Wildman–Crippen LogP) is 3.52. The lowest BCUT2D eigenvalue weighted by Crippen LogP contribution is -2.51. The minimum absolute atomic E-state index is 0.0673. The number of esters is 1. The van der Waals surface area contributed by atoms with E-state index in [1.807, 2.05) is 43.3 Å². The van der Waals surface area contributed by atoms with Gasteiger partial charge in [0.25, 0.3) is 0 Å². The van der Waals surface area contributed by atoms with Crippen molar-refractivity contribution in [2.45, 2.75) is 37.8 Å². The fourth-order valence-electron chi connectivity index (χ4n) is 2.74. The highest BCUT2D eigenvalue weighted by molar-refractivity contribution is 5.80. The molecule has 0 aliphatic carbocycles. The van der Waals surface area contributed by atoms with E-state index >= 15 is 0 Å². The summed E-state index contributed by atoms with van der Waals surface area (Å²) < 4.78 is 5.60. The topological polar surface area (TPSA) is 89.7 Å². The number of rotatable bonds is 9. The van der Waals surface area contributed by atoms with Gasteiger partial charge in [-0.1, -0.05) is 74.0 Å². The van der Waals surface area contributed by atoms with Crippen LogP contribution in [0.5, 0.6) is 0 Å². The number of hydrogen-bond donors (Lipinski definition) is 1. The molecule has 0 saturated heterocycles. The van der Waals surface area contributed by atoms with E-state index in [1.54, 1.807) is 24.3 Å². The molecule has 2 aromatic carbocycles. The van der Waals surface area contributed by atoms with Crippen molar-refractivity contribution in [2.24, 2.45) is 0 Å². The highest BCUT2D eigenvalue weighted by Gasteiger charge is 2.52. The van der Waals surface area contributed by atoms with Crippen molar-refractivity contribution in [1.29, 1.82) is 0 Å². The molecule has 0 radical (unpaired) electrons. The van der Waals surface area contributed by atoms with Crippen LogP contribution < -0.4 is 0 Å². The molecule has 0 spiro atoms. The van der Waals surface area contributed by atoms with Gasteiger partial charge < -0.3 is 9.84 Å². The van der Waals surface area contributed by atoms with E-state index < -0.39 is 29.1 Å². The van der Waals surface area contributed by atoms with Crippen LogP contribution in [0.3, 0.4) is 0 Å². The average molecular weight is 357 g/mol. The molecule has 2 aromatic rings. The third-order valence-electron chi connectivity index (χ3n) is 4.36. The first kappa shape index (κ1) is 19.6. The van der Waals surface area contributed by atoms with Gasteiger partial charge in [0.2, 0.25) is 0 Å². The molecule has 0 aliphatic heterocycles. The lowest BCUT2D eigenvalue weighted by atomic mass is 9.93. The summed E-state index contributed by atoms with van der Waals surface area (Å²) in [7, 11) is 0. The van der Waals surface area contributed by atoms with E-state index in [4.69, 9.17) is 4.74 Å². The van der Waals surface area contributed by atoms with Gasteiger partial charge in [0.1, 0.15) is 6.61 Å². The van der Waals surface area contributed by atoms with Crippen LogP contribution in [0.25, 0.3) is 0 Å². The number of benzene rings is 2. The minimum Gasteiger partial charge on any atom is -0.447 e. The first-order valence-electron chi connectivity index (χ1n) is 8.61. The fourth-order valence-corrected chi connectivity index (χ4v) is 2.74. The Morgan fingerprint density at radius 1 is 1.12 bits per heavy atom. The van der Waals surface area contributed by atoms with Crippen molar-refractivity contribution in [3.8, 4) is 0 Å². The molecule has 1 atom stereocenters. The molecule has 0 fully saturated rings. The largest absolute Gasteiger partial charge is 0.447 e. The van der Waals surface area contributed by atoms with Crippen molar-refractivity contribution >= 4 is 5.97 Å². The molecule has 0 aromatic heterocycles. The smallest absolute Gasteiger partial charge is 0.388 e. The Hall–Kier alpha value is -2.73. The van der Waals surface area contributed by atoms with Gasteiger partial charge in [0.15, 0.2) is 6.10 Å². The monoisotopic (exact) mass is 357 g/mol. The van der Waals surface area contributed by atoms with Crippen LogP contribution in [0.15, 0.2) is 60.7 Å². The number of carbonyl (C=O) groups excluding carboxylic acids is 1. The van der Waals surface area contributed by atoms with Crippen molar-refractivity contribution in [2.75, 3.05) is 6.61 Å². The van der Waals surface area contributed by atoms with Crippen LogP contribution in [0.4, 0.5) is 0 Å². The summed E-state index contributed by atoms with van der Waals surface area (Å²) >= 11 is 0. The van der Waals surface area contributed by atoms with Gasteiger partial charge in [-0.15, -0.1) is 0 Å². The number of hydrogen-bond acceptors (Lipinski definition) is 5. The Balaban J connectivity index is 2.37. The van der Waals surface area contributed by atoms with Crippen LogP contribution in [0.1, 0.15) is 43.4 Å². The van der Waals surface area contributed by atoms with Crippen molar-refractivity contribution < 1.29 is 19.6 Å². The second-order valence-corrected chi connectivity index (χ2v) is 6.16. The lowest BCUT2D eigenvalue weighted by Gasteiger charge is -2.25. The zero-order chi connectivity index (χ0) is 19.0. The van der Waals surface area contributed by atoms with Crippen LogP contribution in [0.2, 0.25) is 0 Å². The van der Waals surface area contributed by atoms with Gasteiger partial charge in [-0.25, -0.2) is 4.79 Å². The highest BCUT2D eigenvalue weighted by atomic mass is 16.6. The number of aliphatic hydroxyl groups excluding tert-OH is 1. The van der Waals surface area contributed by atoms with E-state index in [0.717, 1.165) is 0 Å². The van der Waals surface area contributed by atoms with Crippen molar-refractivity contribution in [1.82, 2.24) is 0 Å². The summed E-state index contributed by atoms with van der Waals surface area (Å²) in [5.41, 5.74) is -0.729. The quantitative estimate of drug-likeness (QED) is 0.421. The van der Waals surface area contributed by atoms with E-state index in [0.29, 0.717) is 24.0 Å². The fraction of sp³-hybridized carbons (Fsp3) is 0.350. The number of aliphatic hydroxyl groups is 1. The maximum absolute atomic E-state index is 12.8. The van der Waals surface area contributed by atoms with Gasteiger partial charge in [-0.05, 0) is 17.5 Å². The standard InChI is InChI=1S/C20H23NO5/c1-2-3-14-20(15-22,21(24)25)19(23)26-18(16-10-6-4-7-11-16)17-12-8-5-9-13-17/h4-13,18,22H,2-3,14-15H2,1H3/t20-/m0/s1. The Bertz CT molecular complexity index is 680. The van der Waals surface area contributed by atoms with Gasteiger partial charge in [0, 0.05) is 11.3 Å². The summed E-state index contributed by atoms with van der Waals surface area (Å²) in [6.07, 6.45) is 0.265. The average Bonchev–Trinajstić information content (AvgIpc) is 2.68. The first-order valence-corrected chi connectivity index (χ1v) is 8.61. The van der Waals surface area contributed by atoms with Crippen LogP contribution >= 0.6 is 0 Å². The molecule has 0 saturated carbocycles. The maximum atomic E-state index is 12.8. The molecule has 138 valence electrons. The summed E-state index contributed by atoms with van der Waals surface area (Å²) in [6, 6.07) is 18.1. The zero-order valence-corrected chi connectivity index (χ0v) is 14.7. The predicted molar refractivity (Wildman–Crippen MR) is 97.2 cm³/mol. The van der Waals surface area contributed by atoms with E-state index in [2.05, 4.69) is 0 Å². The highest BCUT2D eigenvalue weighted by Crippen LogP contribution is 2.30. The van der Waals surface area contributed by atoms with Gasteiger partial charge in [-0.3, -0.25) is 10.1 Å². The molecule has 0 aliphatic rings. The second kappa shape index (κ2) is 9.10. The molecule has 6 heteroatoms. The van der Waals surface area contributed by atoms with Crippen molar-refractivity contribution in [3.63, 3.8) is 0 Å². The number of unbranched alkanes of at least 4 members (excludes halogenated alkanes) is 1. The Morgan fingerprint density at radius 2 is 1.62 bits per heavy atom. The lowest BCUT2D eigenvalue weighted by molar-refractivity contribution is -0.560. The third kappa shape index (κ3) is 4.26. The summed E-state index contributed by atoms with van der Waals surface area (Å²) in [6.45, 7) is 0.972. The Kier molecular flexibility index (Phi) is 6.86. The molecule has 0 bridgehead atoms. The maximum Gasteiger partial charge on any atom is 0.388 e. The second-order valence-electron chi connectivity index (χ2n) is 6.16. The van der Waals surface area contributed by atoms with Crippen LogP contribution in [-0.4, -0.2) is 28.1 Å². The molecule has 2 rings (SSSR count). The normalized spacial score (nSPS) is 13.2. The van der Waals surface area contributed by atoms with E-state index in [-0.39, 0.29) is 6.42 Å². The molecule has 0 unspecified atom stereocenters. The molecular formula is C20H23NO5. The first-order chi connectivity index (χ1) is 12.5. The molecule has 26 heavy (non-hydrogen) atoms. The summed E-state index contributed by atoms with van der Waals surface area (Å²) in [5, 5.41) is 21.3. The third-order valence-corrected chi connectivity index (χ3v) is 4.36. The van der Waals surface area contributed by atoms with Crippen LogP contribution in [0, 0.1) is 10.1 Å². The van der Waals surface area contributed by atoms with E-state index in [1.165, 1.54) is 0 Å². The number of nitrogens with zero attached hydrogens (tertiary/aromatic N) is 1. The molecular weight excluding hydrogens is 334 g/mol. The Labute approximate surface area is 152 Å². The van der Waals surface area contributed by atoms with Gasteiger partial charge >= 0.3 is 11.5 Å². The Morgan fingerprint density at radius 3 is 2.00 bits per heavy atom.